The molecule has 0 saturated carbocycles. The van der Waals surface area contributed by atoms with Crippen LogP contribution in [0.4, 0.5) is 0 Å². The van der Waals surface area contributed by atoms with Crippen LogP contribution in [-0.4, -0.2) is 31.1 Å². The summed E-state index contributed by atoms with van der Waals surface area (Å²) in [6.07, 6.45) is 1.22. The van der Waals surface area contributed by atoms with Crippen molar-refractivity contribution in [1.29, 1.82) is 0 Å². The van der Waals surface area contributed by atoms with Crippen LogP contribution in [0.25, 0.3) is 0 Å². The van der Waals surface area contributed by atoms with Crippen molar-refractivity contribution >= 4 is 0 Å². The zero-order chi connectivity index (χ0) is 7.56. The Bertz CT molecular complexity index is 108. The zero-order valence-electron chi connectivity index (χ0n) is 6.71. The fourth-order valence-corrected chi connectivity index (χ4v) is 1.67. The van der Waals surface area contributed by atoms with Gasteiger partial charge in [0.25, 0.3) is 0 Å². The Morgan fingerprint density at radius 1 is 1.70 bits per heavy atom. The molecule has 1 unspecified atom stereocenters. The maximum Gasteiger partial charge on any atom is 0.0834 e. The third-order valence-corrected chi connectivity index (χ3v) is 2.19. The molecule has 0 aromatic carbocycles. The van der Waals surface area contributed by atoms with Crippen LogP contribution in [0.5, 0.6) is 0 Å². The number of rotatable bonds is 2. The van der Waals surface area contributed by atoms with Crippen LogP contribution in [0.15, 0.2) is 0 Å². The standard InChI is InChI=1S/C7H16N2O/c1-6-3-7(5-10-8)9(2)4-6/h6-7H,3-5,8H2,1-2H3/t6-,7?/m1/s1. The quantitative estimate of drug-likeness (QED) is 0.563. The molecule has 3 heteroatoms. The van der Waals surface area contributed by atoms with Gasteiger partial charge in [-0.15, -0.1) is 0 Å². The third-order valence-electron chi connectivity index (χ3n) is 2.19. The predicted molar refractivity (Wildman–Crippen MR) is 40.3 cm³/mol. The van der Waals surface area contributed by atoms with Crippen molar-refractivity contribution in [3.8, 4) is 0 Å². The lowest BCUT2D eigenvalue weighted by Gasteiger charge is -2.16. The number of nitrogens with zero attached hydrogens (tertiary/aromatic N) is 1. The van der Waals surface area contributed by atoms with Crippen molar-refractivity contribution in [2.75, 3.05) is 20.2 Å². The van der Waals surface area contributed by atoms with Gasteiger partial charge in [-0.2, -0.15) is 0 Å². The van der Waals surface area contributed by atoms with Crippen molar-refractivity contribution in [3.63, 3.8) is 0 Å². The Kier molecular flexibility index (Phi) is 2.65. The molecule has 60 valence electrons. The second-order valence-corrected chi connectivity index (χ2v) is 3.27. The molecule has 1 fully saturated rings. The molecular weight excluding hydrogens is 128 g/mol. The average Bonchev–Trinajstić information content (AvgIpc) is 2.13. The summed E-state index contributed by atoms with van der Waals surface area (Å²) < 4.78 is 0. The van der Waals surface area contributed by atoms with E-state index in [0.29, 0.717) is 12.6 Å². The third kappa shape index (κ3) is 1.68. The van der Waals surface area contributed by atoms with Gasteiger partial charge in [-0.1, -0.05) is 6.92 Å². The number of likely N-dealkylation sites (N-methyl/N-ethyl adjacent to an activating group) is 1. The summed E-state index contributed by atoms with van der Waals surface area (Å²) in [5, 5.41) is 0. The molecule has 1 aliphatic heterocycles. The number of likely N-dealkylation sites (tertiary alicyclic amines) is 1. The van der Waals surface area contributed by atoms with E-state index in [9.17, 15) is 0 Å². The van der Waals surface area contributed by atoms with E-state index < -0.39 is 0 Å². The molecule has 1 rings (SSSR count). The molecule has 0 aromatic heterocycles. The summed E-state index contributed by atoms with van der Waals surface area (Å²) in [5.41, 5.74) is 0. The number of hydrogen-bond donors (Lipinski definition) is 1. The first-order valence-electron chi connectivity index (χ1n) is 3.76. The molecule has 3 nitrogen and oxygen atoms in total. The smallest absolute Gasteiger partial charge is 0.0834 e. The summed E-state index contributed by atoms with van der Waals surface area (Å²) >= 11 is 0. The first kappa shape index (κ1) is 7.98. The highest BCUT2D eigenvalue weighted by molar-refractivity contribution is 4.80. The molecule has 2 atom stereocenters. The SMILES string of the molecule is C[C@@H]1CC(CON)N(C)C1. The van der Waals surface area contributed by atoms with E-state index in [1.165, 1.54) is 13.0 Å². The monoisotopic (exact) mass is 144 g/mol. The van der Waals surface area contributed by atoms with Crippen molar-refractivity contribution in [2.24, 2.45) is 11.8 Å². The van der Waals surface area contributed by atoms with Crippen LogP contribution >= 0.6 is 0 Å². The molecule has 0 amide bonds. The van der Waals surface area contributed by atoms with Crippen LogP contribution < -0.4 is 5.90 Å². The summed E-state index contributed by atoms with van der Waals surface area (Å²) in [5.74, 6) is 5.79. The summed E-state index contributed by atoms with van der Waals surface area (Å²) in [6.45, 7) is 4.10. The minimum Gasteiger partial charge on any atom is -0.303 e. The van der Waals surface area contributed by atoms with Crippen molar-refractivity contribution < 1.29 is 4.84 Å². The van der Waals surface area contributed by atoms with Gasteiger partial charge in [-0.3, -0.25) is 0 Å². The van der Waals surface area contributed by atoms with E-state index in [-0.39, 0.29) is 0 Å². The summed E-state index contributed by atoms with van der Waals surface area (Å²) in [7, 11) is 2.12. The van der Waals surface area contributed by atoms with E-state index in [1.54, 1.807) is 0 Å². The van der Waals surface area contributed by atoms with Gasteiger partial charge in [0.1, 0.15) is 0 Å². The summed E-state index contributed by atoms with van der Waals surface area (Å²) in [4.78, 5) is 6.91. The Hall–Kier alpha value is -0.120. The molecule has 2 N–H and O–H groups in total. The van der Waals surface area contributed by atoms with Crippen LogP contribution in [-0.2, 0) is 4.84 Å². The van der Waals surface area contributed by atoms with Gasteiger partial charge in [0, 0.05) is 12.6 Å². The van der Waals surface area contributed by atoms with Crippen LogP contribution in [0.3, 0.4) is 0 Å². The second-order valence-electron chi connectivity index (χ2n) is 3.27. The van der Waals surface area contributed by atoms with Crippen molar-refractivity contribution in [3.05, 3.63) is 0 Å². The Morgan fingerprint density at radius 3 is 2.80 bits per heavy atom. The Labute approximate surface area is 62.1 Å². The molecule has 1 heterocycles. The fraction of sp³-hybridized carbons (Fsp3) is 1.00. The lowest BCUT2D eigenvalue weighted by Crippen LogP contribution is -2.30. The second kappa shape index (κ2) is 3.32. The van der Waals surface area contributed by atoms with Gasteiger partial charge in [-0.05, 0) is 19.4 Å². The van der Waals surface area contributed by atoms with Gasteiger partial charge in [0.05, 0.1) is 6.61 Å². The largest absolute Gasteiger partial charge is 0.303 e. The van der Waals surface area contributed by atoms with Crippen molar-refractivity contribution in [1.82, 2.24) is 4.90 Å². The minimum atomic E-state index is 0.542. The topological polar surface area (TPSA) is 38.5 Å². The fourth-order valence-electron chi connectivity index (χ4n) is 1.67. The van der Waals surface area contributed by atoms with E-state index in [0.717, 1.165) is 5.92 Å². The van der Waals surface area contributed by atoms with E-state index in [4.69, 9.17) is 5.90 Å². The molecule has 0 bridgehead atoms. The maximum absolute atomic E-state index is 4.99. The predicted octanol–water partition coefficient (Wildman–Crippen LogP) is 0.217. The maximum atomic E-state index is 4.99. The Balaban J connectivity index is 2.31. The van der Waals surface area contributed by atoms with Crippen molar-refractivity contribution in [2.45, 2.75) is 19.4 Å². The van der Waals surface area contributed by atoms with Crippen LogP contribution in [0.1, 0.15) is 13.3 Å². The number of nitrogens with two attached hydrogens (primary N) is 1. The highest BCUT2D eigenvalue weighted by Crippen LogP contribution is 2.20. The molecular formula is C7H16N2O. The lowest BCUT2D eigenvalue weighted by molar-refractivity contribution is 0.0870. The minimum absolute atomic E-state index is 0.542. The highest BCUT2D eigenvalue weighted by atomic mass is 16.6. The van der Waals surface area contributed by atoms with Gasteiger partial charge in [0.2, 0.25) is 0 Å². The molecule has 1 aliphatic rings. The van der Waals surface area contributed by atoms with Crippen LogP contribution in [0.2, 0.25) is 0 Å². The van der Waals surface area contributed by atoms with E-state index >= 15 is 0 Å². The first-order valence-corrected chi connectivity index (χ1v) is 3.76. The molecule has 1 saturated heterocycles. The van der Waals surface area contributed by atoms with Gasteiger partial charge in [-0.25, -0.2) is 5.90 Å². The van der Waals surface area contributed by atoms with E-state index in [1.807, 2.05) is 0 Å². The molecule has 0 radical (unpaired) electrons. The van der Waals surface area contributed by atoms with E-state index in [2.05, 4.69) is 23.7 Å². The number of hydrogen-bond acceptors (Lipinski definition) is 3. The van der Waals surface area contributed by atoms with Crippen LogP contribution in [0, 0.1) is 5.92 Å². The molecule has 10 heavy (non-hydrogen) atoms. The average molecular weight is 144 g/mol. The normalized spacial score (nSPS) is 35.1. The highest BCUT2D eigenvalue weighted by Gasteiger charge is 2.26. The lowest BCUT2D eigenvalue weighted by atomic mass is 10.1. The zero-order valence-corrected chi connectivity index (χ0v) is 6.71. The molecule has 0 aliphatic carbocycles. The summed E-state index contributed by atoms with van der Waals surface area (Å²) in [6, 6.07) is 0.542. The first-order chi connectivity index (χ1) is 4.74. The Morgan fingerprint density at radius 2 is 2.40 bits per heavy atom. The molecule has 0 spiro atoms. The van der Waals surface area contributed by atoms with Gasteiger partial charge in [0.15, 0.2) is 0 Å². The molecule has 0 aromatic rings. The van der Waals surface area contributed by atoms with Gasteiger partial charge < -0.3 is 9.74 Å². The van der Waals surface area contributed by atoms with Gasteiger partial charge >= 0.3 is 0 Å².